The molecule has 27 heavy (non-hydrogen) atoms. The van der Waals surface area contributed by atoms with Crippen LogP contribution in [-0.2, 0) is 4.79 Å². The van der Waals surface area contributed by atoms with Crippen molar-refractivity contribution >= 4 is 28.9 Å². The van der Waals surface area contributed by atoms with Gasteiger partial charge < -0.3 is 14.5 Å². The van der Waals surface area contributed by atoms with Crippen LogP contribution in [0.2, 0.25) is 5.02 Å². The van der Waals surface area contributed by atoms with Crippen molar-refractivity contribution in [3.8, 4) is 5.75 Å². The van der Waals surface area contributed by atoms with Crippen molar-refractivity contribution in [1.82, 2.24) is 4.90 Å². The standard InChI is InChI=1S/C19H20ClN3O4/c1-14-2-3-15(20)12-18(14)21-8-10-22(11-9-21)19(24)13-27-17-6-4-16(5-7-17)23(25)26/h2-7,12H,8-11,13H2,1H3. The fourth-order valence-corrected chi connectivity index (χ4v) is 3.19. The number of nitrogens with zero attached hydrogens (tertiary/aromatic N) is 3. The van der Waals surface area contributed by atoms with E-state index in [0.29, 0.717) is 23.9 Å². The second kappa shape index (κ2) is 8.26. The molecule has 3 rings (SSSR count). The van der Waals surface area contributed by atoms with Crippen LogP contribution in [0, 0.1) is 17.0 Å². The van der Waals surface area contributed by atoms with E-state index in [1.54, 1.807) is 4.90 Å². The number of aryl methyl sites for hydroxylation is 1. The molecule has 1 fully saturated rings. The summed E-state index contributed by atoms with van der Waals surface area (Å²) < 4.78 is 5.46. The largest absolute Gasteiger partial charge is 0.484 e. The zero-order valence-corrected chi connectivity index (χ0v) is 15.7. The summed E-state index contributed by atoms with van der Waals surface area (Å²) in [5.74, 6) is 0.331. The Balaban J connectivity index is 1.51. The first-order chi connectivity index (χ1) is 12.9. The summed E-state index contributed by atoms with van der Waals surface area (Å²) in [6.07, 6.45) is 0. The Morgan fingerprint density at radius 3 is 2.44 bits per heavy atom. The summed E-state index contributed by atoms with van der Waals surface area (Å²) in [6.45, 7) is 4.62. The highest BCUT2D eigenvalue weighted by Gasteiger charge is 2.22. The lowest BCUT2D eigenvalue weighted by Gasteiger charge is -2.36. The van der Waals surface area contributed by atoms with Gasteiger partial charge in [0.05, 0.1) is 4.92 Å². The van der Waals surface area contributed by atoms with Gasteiger partial charge in [-0.3, -0.25) is 14.9 Å². The number of nitro benzene ring substituents is 1. The molecule has 0 spiro atoms. The minimum atomic E-state index is -0.476. The summed E-state index contributed by atoms with van der Waals surface area (Å²) in [4.78, 5) is 26.5. The average molecular weight is 390 g/mol. The van der Waals surface area contributed by atoms with E-state index in [9.17, 15) is 14.9 Å². The van der Waals surface area contributed by atoms with E-state index in [1.807, 2.05) is 25.1 Å². The maximum Gasteiger partial charge on any atom is 0.269 e. The van der Waals surface area contributed by atoms with Gasteiger partial charge in [0.1, 0.15) is 5.75 Å². The molecule has 2 aromatic carbocycles. The average Bonchev–Trinajstić information content (AvgIpc) is 2.68. The molecule has 0 aliphatic carbocycles. The molecule has 7 nitrogen and oxygen atoms in total. The Hall–Kier alpha value is -2.80. The number of hydrogen-bond donors (Lipinski definition) is 0. The molecular formula is C19H20ClN3O4. The molecule has 0 radical (unpaired) electrons. The number of piperazine rings is 1. The number of carbonyl (C=O) groups is 1. The maximum absolute atomic E-state index is 12.4. The number of amides is 1. The van der Waals surface area contributed by atoms with Crippen molar-refractivity contribution in [3.63, 3.8) is 0 Å². The van der Waals surface area contributed by atoms with E-state index in [0.717, 1.165) is 24.3 Å². The predicted molar refractivity (Wildman–Crippen MR) is 104 cm³/mol. The first-order valence-corrected chi connectivity index (χ1v) is 8.98. The second-order valence-corrected chi connectivity index (χ2v) is 6.77. The highest BCUT2D eigenvalue weighted by atomic mass is 35.5. The van der Waals surface area contributed by atoms with Crippen molar-refractivity contribution in [2.24, 2.45) is 0 Å². The van der Waals surface area contributed by atoms with Crippen molar-refractivity contribution in [1.29, 1.82) is 0 Å². The van der Waals surface area contributed by atoms with Gasteiger partial charge in [-0.2, -0.15) is 0 Å². The molecule has 1 aliphatic heterocycles. The lowest BCUT2D eigenvalue weighted by molar-refractivity contribution is -0.384. The van der Waals surface area contributed by atoms with E-state index < -0.39 is 4.92 Å². The van der Waals surface area contributed by atoms with Crippen LogP contribution in [0.25, 0.3) is 0 Å². The van der Waals surface area contributed by atoms with Gasteiger partial charge in [0.25, 0.3) is 11.6 Å². The molecule has 0 atom stereocenters. The van der Waals surface area contributed by atoms with Gasteiger partial charge >= 0.3 is 0 Å². The number of rotatable bonds is 5. The van der Waals surface area contributed by atoms with Gasteiger partial charge in [0.2, 0.25) is 0 Å². The number of ether oxygens (including phenoxy) is 1. The highest BCUT2D eigenvalue weighted by molar-refractivity contribution is 6.30. The molecule has 2 aromatic rings. The van der Waals surface area contributed by atoms with Crippen molar-refractivity contribution in [2.45, 2.75) is 6.92 Å². The number of nitro groups is 1. The zero-order valence-electron chi connectivity index (χ0n) is 14.9. The van der Waals surface area contributed by atoms with Crippen molar-refractivity contribution in [2.75, 3.05) is 37.7 Å². The van der Waals surface area contributed by atoms with E-state index in [-0.39, 0.29) is 18.2 Å². The lowest BCUT2D eigenvalue weighted by Crippen LogP contribution is -2.50. The summed E-state index contributed by atoms with van der Waals surface area (Å²) in [7, 11) is 0. The number of carbonyl (C=O) groups excluding carboxylic acids is 1. The predicted octanol–water partition coefficient (Wildman–Crippen LogP) is 3.28. The zero-order chi connectivity index (χ0) is 19.4. The lowest BCUT2D eigenvalue weighted by atomic mass is 10.1. The normalized spacial score (nSPS) is 14.1. The third-order valence-electron chi connectivity index (χ3n) is 4.55. The Morgan fingerprint density at radius 2 is 1.81 bits per heavy atom. The van der Waals surface area contributed by atoms with E-state index in [2.05, 4.69) is 4.90 Å². The molecule has 0 unspecified atom stereocenters. The van der Waals surface area contributed by atoms with Crippen LogP contribution < -0.4 is 9.64 Å². The second-order valence-electron chi connectivity index (χ2n) is 6.34. The summed E-state index contributed by atoms with van der Waals surface area (Å²) >= 11 is 6.10. The number of hydrogen-bond acceptors (Lipinski definition) is 5. The third kappa shape index (κ3) is 4.68. The first kappa shape index (κ1) is 19.0. The molecule has 1 saturated heterocycles. The minimum Gasteiger partial charge on any atom is -0.484 e. The Labute approximate surface area is 162 Å². The smallest absolute Gasteiger partial charge is 0.269 e. The first-order valence-electron chi connectivity index (χ1n) is 8.60. The van der Waals surface area contributed by atoms with Crippen LogP contribution in [0.5, 0.6) is 5.75 Å². The van der Waals surface area contributed by atoms with Crippen molar-refractivity contribution < 1.29 is 14.5 Å². The molecule has 0 bridgehead atoms. The van der Waals surface area contributed by atoms with Crippen LogP contribution in [0.3, 0.4) is 0 Å². The van der Waals surface area contributed by atoms with Crippen LogP contribution in [0.4, 0.5) is 11.4 Å². The summed E-state index contributed by atoms with van der Waals surface area (Å²) in [5.41, 5.74) is 2.23. The van der Waals surface area contributed by atoms with Gasteiger partial charge in [0.15, 0.2) is 6.61 Å². The number of anilines is 1. The van der Waals surface area contributed by atoms with Gasteiger partial charge in [-0.15, -0.1) is 0 Å². The molecule has 0 N–H and O–H groups in total. The van der Waals surface area contributed by atoms with Crippen LogP contribution >= 0.6 is 11.6 Å². The fraction of sp³-hybridized carbons (Fsp3) is 0.316. The molecule has 1 aliphatic rings. The SMILES string of the molecule is Cc1ccc(Cl)cc1N1CCN(C(=O)COc2ccc([N+](=O)[O-])cc2)CC1. The van der Waals surface area contributed by atoms with Gasteiger partial charge in [0, 0.05) is 49.0 Å². The van der Waals surface area contributed by atoms with Gasteiger partial charge in [-0.25, -0.2) is 0 Å². The molecule has 0 aromatic heterocycles. The number of halogens is 1. The molecule has 142 valence electrons. The Morgan fingerprint density at radius 1 is 1.15 bits per heavy atom. The monoisotopic (exact) mass is 389 g/mol. The molecule has 8 heteroatoms. The molecule has 1 heterocycles. The Bertz CT molecular complexity index is 833. The molecular weight excluding hydrogens is 370 g/mol. The highest BCUT2D eigenvalue weighted by Crippen LogP contribution is 2.25. The summed E-state index contributed by atoms with van der Waals surface area (Å²) in [6, 6.07) is 11.5. The third-order valence-corrected chi connectivity index (χ3v) is 4.79. The van der Waals surface area contributed by atoms with Crippen LogP contribution in [0.1, 0.15) is 5.56 Å². The number of benzene rings is 2. The van der Waals surface area contributed by atoms with E-state index in [4.69, 9.17) is 16.3 Å². The van der Waals surface area contributed by atoms with Crippen molar-refractivity contribution in [3.05, 3.63) is 63.2 Å². The number of non-ortho nitro benzene ring substituents is 1. The van der Waals surface area contributed by atoms with E-state index >= 15 is 0 Å². The summed E-state index contributed by atoms with van der Waals surface area (Å²) in [5, 5.41) is 11.3. The fourth-order valence-electron chi connectivity index (χ4n) is 3.02. The van der Waals surface area contributed by atoms with Gasteiger partial charge in [-0.05, 0) is 36.8 Å². The maximum atomic E-state index is 12.4. The molecule has 1 amide bonds. The topological polar surface area (TPSA) is 75.9 Å². The quantitative estimate of drug-likeness (QED) is 0.579. The van der Waals surface area contributed by atoms with E-state index in [1.165, 1.54) is 24.3 Å². The minimum absolute atomic E-state index is 0.0129. The van der Waals surface area contributed by atoms with Gasteiger partial charge in [-0.1, -0.05) is 17.7 Å². The molecule has 0 saturated carbocycles. The van der Waals surface area contributed by atoms with Crippen LogP contribution in [0.15, 0.2) is 42.5 Å². The Kier molecular flexibility index (Phi) is 5.81. The van der Waals surface area contributed by atoms with Crippen LogP contribution in [-0.4, -0.2) is 48.5 Å².